The van der Waals surface area contributed by atoms with Gasteiger partial charge in [-0.15, -0.1) is 0 Å². The Morgan fingerprint density at radius 3 is 2.09 bits per heavy atom. The molecule has 0 aliphatic carbocycles. The van der Waals surface area contributed by atoms with Gasteiger partial charge in [0.05, 0.1) is 25.6 Å². The number of methoxy groups -OCH3 is 1. The van der Waals surface area contributed by atoms with E-state index in [2.05, 4.69) is 0 Å². The van der Waals surface area contributed by atoms with Gasteiger partial charge in [0.15, 0.2) is 0 Å². The van der Waals surface area contributed by atoms with E-state index in [1.54, 1.807) is 26.0 Å². The molecule has 1 amide bonds. The van der Waals surface area contributed by atoms with Crippen LogP contribution in [0, 0.1) is 5.82 Å². The predicted molar refractivity (Wildman–Crippen MR) is 145 cm³/mol. The van der Waals surface area contributed by atoms with Gasteiger partial charge in [0.1, 0.15) is 17.6 Å². The minimum atomic E-state index is -0.790. The van der Waals surface area contributed by atoms with E-state index >= 15 is 0 Å². The van der Waals surface area contributed by atoms with Crippen molar-refractivity contribution in [3.63, 3.8) is 0 Å². The lowest BCUT2D eigenvalue weighted by atomic mass is 10.1. The number of esters is 1. The number of ether oxygens (including phenoxy) is 2. The van der Waals surface area contributed by atoms with Crippen LogP contribution in [0.4, 0.5) is 10.1 Å². The zero-order valence-corrected chi connectivity index (χ0v) is 22.7. The van der Waals surface area contributed by atoms with Gasteiger partial charge in [0, 0.05) is 12.2 Å². The van der Waals surface area contributed by atoms with E-state index in [4.69, 9.17) is 21.7 Å². The Morgan fingerprint density at radius 2 is 1.60 bits per heavy atom. The number of hydrogen-bond acceptors (Lipinski definition) is 6. The van der Waals surface area contributed by atoms with E-state index in [1.807, 2.05) is 52.0 Å². The molecule has 35 heavy (non-hydrogen) atoms. The lowest BCUT2D eigenvalue weighted by Crippen LogP contribution is -2.48. The largest absolute Gasteiger partial charge is 0.497 e. The van der Waals surface area contributed by atoms with Crippen LogP contribution in [-0.4, -0.2) is 55.6 Å². The molecule has 2 aromatic carbocycles. The number of thiocarbonyl (C=S) groups is 1. The van der Waals surface area contributed by atoms with Crippen molar-refractivity contribution in [2.75, 3.05) is 32.2 Å². The number of likely N-dealkylation sites (N-methyl/N-ethyl adjacent to an activating group) is 1. The molecule has 8 heteroatoms. The molecule has 0 saturated heterocycles. The van der Waals surface area contributed by atoms with Gasteiger partial charge in [-0.1, -0.05) is 52.0 Å². The smallest absolute Gasteiger partial charge is 0.307 e. The zero-order valence-electron chi connectivity index (χ0n) is 21.9. The summed E-state index contributed by atoms with van der Waals surface area (Å²) in [5, 5.41) is 0. The highest BCUT2D eigenvalue weighted by Gasteiger charge is 2.30. The molecule has 0 aromatic heterocycles. The molecular formula is C27H39FN2O4S. The number of nitrogens with zero attached hydrogens (tertiary/aromatic N) is 2. The first-order valence-corrected chi connectivity index (χ1v) is 12.4. The predicted octanol–water partition coefficient (Wildman–Crippen LogP) is 5.67. The standard InChI is InChI=1S/C23H27FN2O4S.2C2H6/c1-4-30-22(27)15-21(23(28)26(16-31)19-9-7-18(24)8-10-19)25(2)14-13-17-5-11-20(29-3)12-6-17;2*1-2/h5-12,16,21H,4,13-15H2,1-3H3;2*1-2H3. The molecule has 0 heterocycles. The van der Waals surface area contributed by atoms with Gasteiger partial charge in [-0.2, -0.15) is 0 Å². The van der Waals surface area contributed by atoms with Crippen LogP contribution in [-0.2, 0) is 20.7 Å². The highest BCUT2D eigenvalue weighted by atomic mass is 32.1. The summed E-state index contributed by atoms with van der Waals surface area (Å²) in [6, 6.07) is 12.3. The Hall–Kier alpha value is -2.84. The third-order valence-electron chi connectivity index (χ3n) is 4.84. The first-order valence-electron chi connectivity index (χ1n) is 11.9. The lowest BCUT2D eigenvalue weighted by Gasteiger charge is -2.30. The second-order valence-electron chi connectivity index (χ2n) is 6.89. The number of benzene rings is 2. The van der Waals surface area contributed by atoms with Crippen LogP contribution in [0.2, 0.25) is 0 Å². The van der Waals surface area contributed by atoms with Gasteiger partial charge in [0.2, 0.25) is 5.91 Å². The molecule has 2 aromatic rings. The quantitative estimate of drug-likeness (QED) is 0.289. The second kappa shape index (κ2) is 18.5. The van der Waals surface area contributed by atoms with Crippen LogP contribution in [0.25, 0.3) is 0 Å². The van der Waals surface area contributed by atoms with Crippen LogP contribution >= 0.6 is 12.2 Å². The van der Waals surface area contributed by atoms with Gasteiger partial charge >= 0.3 is 5.97 Å². The maximum absolute atomic E-state index is 13.3. The van der Waals surface area contributed by atoms with Crippen molar-refractivity contribution in [1.29, 1.82) is 0 Å². The van der Waals surface area contributed by atoms with Crippen molar-refractivity contribution in [2.45, 2.75) is 53.5 Å². The maximum Gasteiger partial charge on any atom is 0.307 e. The van der Waals surface area contributed by atoms with Gasteiger partial charge in [-0.3, -0.25) is 19.4 Å². The summed E-state index contributed by atoms with van der Waals surface area (Å²) in [5.41, 5.74) is 2.70. The molecule has 0 radical (unpaired) electrons. The number of halogens is 1. The summed E-state index contributed by atoms with van der Waals surface area (Å²) in [5.74, 6) is -0.504. The summed E-state index contributed by atoms with van der Waals surface area (Å²) in [7, 11) is 3.38. The average molecular weight is 507 g/mol. The molecule has 0 aliphatic heterocycles. The minimum absolute atomic E-state index is 0.118. The van der Waals surface area contributed by atoms with Crippen molar-refractivity contribution < 1.29 is 23.5 Å². The number of rotatable bonds is 11. The fourth-order valence-corrected chi connectivity index (χ4v) is 3.29. The molecule has 194 valence electrons. The van der Waals surface area contributed by atoms with Crippen molar-refractivity contribution in [3.8, 4) is 5.75 Å². The highest BCUT2D eigenvalue weighted by Crippen LogP contribution is 2.19. The number of amides is 1. The third-order valence-corrected chi connectivity index (χ3v) is 5.05. The summed E-state index contributed by atoms with van der Waals surface area (Å²) in [6.45, 7) is 10.5. The van der Waals surface area contributed by atoms with Gasteiger partial charge < -0.3 is 9.47 Å². The molecule has 1 atom stereocenters. The van der Waals surface area contributed by atoms with E-state index in [1.165, 1.54) is 34.7 Å². The normalized spacial score (nSPS) is 10.7. The van der Waals surface area contributed by atoms with E-state index in [0.717, 1.165) is 11.3 Å². The number of hydrogen-bond donors (Lipinski definition) is 0. The van der Waals surface area contributed by atoms with E-state index in [9.17, 15) is 14.0 Å². The van der Waals surface area contributed by atoms with Crippen molar-refractivity contribution in [2.24, 2.45) is 0 Å². The van der Waals surface area contributed by atoms with E-state index in [0.29, 0.717) is 18.7 Å². The van der Waals surface area contributed by atoms with Crippen LogP contribution in [0.15, 0.2) is 48.5 Å². The first kappa shape index (κ1) is 32.2. The van der Waals surface area contributed by atoms with Gasteiger partial charge in [-0.05, 0) is 62.4 Å². The average Bonchev–Trinajstić information content (AvgIpc) is 2.90. The molecule has 2 rings (SSSR count). The number of carbonyl (C=O) groups is 2. The topological polar surface area (TPSA) is 59.1 Å². The van der Waals surface area contributed by atoms with E-state index in [-0.39, 0.29) is 18.9 Å². The van der Waals surface area contributed by atoms with E-state index < -0.39 is 17.8 Å². The Kier molecular flexibility index (Phi) is 17.0. The van der Waals surface area contributed by atoms with Gasteiger partial charge in [0.25, 0.3) is 0 Å². The molecule has 0 spiro atoms. The Labute approximate surface area is 215 Å². The fraction of sp³-hybridized carbons (Fsp3) is 0.444. The molecule has 1 unspecified atom stereocenters. The van der Waals surface area contributed by atoms with Crippen molar-refractivity contribution in [1.82, 2.24) is 4.90 Å². The second-order valence-corrected chi connectivity index (χ2v) is 7.10. The molecular weight excluding hydrogens is 467 g/mol. The molecule has 0 saturated carbocycles. The zero-order chi connectivity index (χ0) is 26.8. The summed E-state index contributed by atoms with van der Waals surface area (Å²) >= 11 is 5.04. The SMILES string of the molecule is CC.CC.CCOC(=O)CC(C(=O)N(C=S)c1ccc(F)cc1)N(C)CCc1ccc(OC)cc1. The Balaban J connectivity index is 0.00000274. The molecule has 0 N–H and O–H groups in total. The number of anilines is 1. The molecule has 0 aliphatic rings. The first-order chi connectivity index (χ1) is 16.9. The molecule has 0 fully saturated rings. The fourth-order valence-electron chi connectivity index (χ4n) is 3.07. The lowest BCUT2D eigenvalue weighted by molar-refractivity contribution is -0.146. The third kappa shape index (κ3) is 11.0. The monoisotopic (exact) mass is 506 g/mol. The summed E-state index contributed by atoms with van der Waals surface area (Å²) in [4.78, 5) is 28.5. The minimum Gasteiger partial charge on any atom is -0.497 e. The molecule has 6 nitrogen and oxygen atoms in total. The van der Waals surface area contributed by atoms with Crippen molar-refractivity contribution >= 4 is 35.3 Å². The van der Waals surface area contributed by atoms with Crippen LogP contribution in [0.5, 0.6) is 5.75 Å². The van der Waals surface area contributed by atoms with Crippen LogP contribution in [0.1, 0.15) is 46.6 Å². The molecule has 0 bridgehead atoms. The van der Waals surface area contributed by atoms with Gasteiger partial charge in [-0.25, -0.2) is 4.39 Å². The van der Waals surface area contributed by atoms with Crippen LogP contribution in [0.3, 0.4) is 0 Å². The summed E-state index contributed by atoms with van der Waals surface area (Å²) < 4.78 is 23.5. The Morgan fingerprint density at radius 1 is 1.03 bits per heavy atom. The van der Waals surface area contributed by atoms with Crippen LogP contribution < -0.4 is 9.64 Å². The Bertz CT molecular complexity index is 876. The summed E-state index contributed by atoms with van der Waals surface area (Å²) in [6.07, 6.45) is 0.549. The van der Waals surface area contributed by atoms with Crippen molar-refractivity contribution in [3.05, 3.63) is 59.9 Å². The maximum atomic E-state index is 13.3. The number of carbonyl (C=O) groups excluding carboxylic acids is 2. The highest BCUT2D eigenvalue weighted by molar-refractivity contribution is 7.79.